The van der Waals surface area contributed by atoms with Crippen molar-refractivity contribution in [2.24, 2.45) is 0 Å². The molecule has 2 N–H and O–H groups in total. The number of nitrogens with two attached hydrogens (primary N) is 1. The van der Waals surface area contributed by atoms with Gasteiger partial charge < -0.3 is 5.73 Å². The van der Waals surface area contributed by atoms with E-state index in [9.17, 15) is 18.5 Å². The minimum absolute atomic E-state index is 0.162. The van der Waals surface area contributed by atoms with Gasteiger partial charge in [0.2, 0.25) is 10.0 Å². The topological polar surface area (TPSA) is 107 Å². The summed E-state index contributed by atoms with van der Waals surface area (Å²) in [6.45, 7) is 4.58. The average Bonchev–Trinajstić information content (AvgIpc) is 2.37. The Labute approximate surface area is 127 Å². The Bertz CT molecular complexity index is 673. The van der Waals surface area contributed by atoms with Gasteiger partial charge >= 0.3 is 0 Å². The standard InChI is InChI=1S/C12H17N3O4S2/c1-12(2)8-14(5-6-20-12)21(18,19)11-4-3-9(13)7-10(11)15(16)17/h3-4,7H,5-6,8,13H2,1-2H3. The second-order valence-corrected chi connectivity index (χ2v) is 9.14. The molecule has 116 valence electrons. The van der Waals surface area contributed by atoms with Crippen molar-refractivity contribution in [2.75, 3.05) is 24.6 Å². The molecule has 0 unspecified atom stereocenters. The number of hydrogen-bond donors (Lipinski definition) is 1. The lowest BCUT2D eigenvalue weighted by Crippen LogP contribution is -2.46. The number of nitrogens with zero attached hydrogens (tertiary/aromatic N) is 2. The number of rotatable bonds is 3. The van der Waals surface area contributed by atoms with E-state index >= 15 is 0 Å². The van der Waals surface area contributed by atoms with Crippen LogP contribution in [0.5, 0.6) is 0 Å². The zero-order valence-electron chi connectivity index (χ0n) is 11.8. The number of thioether (sulfide) groups is 1. The highest BCUT2D eigenvalue weighted by atomic mass is 32.2. The summed E-state index contributed by atoms with van der Waals surface area (Å²) in [5.74, 6) is 0.662. The second-order valence-electron chi connectivity index (χ2n) is 5.43. The molecular formula is C12H17N3O4S2. The molecule has 1 fully saturated rings. The van der Waals surface area contributed by atoms with Gasteiger partial charge in [0.05, 0.1) is 4.92 Å². The average molecular weight is 331 g/mol. The van der Waals surface area contributed by atoms with Crippen molar-refractivity contribution in [3.05, 3.63) is 28.3 Å². The number of sulfonamides is 1. The second kappa shape index (κ2) is 5.47. The summed E-state index contributed by atoms with van der Waals surface area (Å²) in [6, 6.07) is 3.65. The molecular weight excluding hydrogens is 314 g/mol. The van der Waals surface area contributed by atoms with E-state index in [0.29, 0.717) is 18.8 Å². The van der Waals surface area contributed by atoms with Crippen LogP contribution >= 0.6 is 11.8 Å². The van der Waals surface area contributed by atoms with Crippen molar-refractivity contribution >= 4 is 33.2 Å². The van der Waals surface area contributed by atoms with E-state index in [1.807, 2.05) is 13.8 Å². The van der Waals surface area contributed by atoms with Crippen LogP contribution < -0.4 is 5.73 Å². The molecule has 7 nitrogen and oxygen atoms in total. The molecule has 21 heavy (non-hydrogen) atoms. The summed E-state index contributed by atoms with van der Waals surface area (Å²) in [6.07, 6.45) is 0. The summed E-state index contributed by atoms with van der Waals surface area (Å²) in [4.78, 5) is 10.1. The first-order valence-corrected chi connectivity index (χ1v) is 8.74. The SMILES string of the molecule is CC1(C)CN(S(=O)(=O)c2ccc(N)cc2[N+](=O)[O-])CCS1. The van der Waals surface area contributed by atoms with E-state index in [0.717, 1.165) is 6.07 Å². The zero-order valence-corrected chi connectivity index (χ0v) is 13.4. The summed E-state index contributed by atoms with van der Waals surface area (Å²) in [5, 5.41) is 11.1. The normalized spacial score (nSPS) is 19.3. The Kier molecular flexibility index (Phi) is 4.18. The molecule has 0 amide bonds. The highest BCUT2D eigenvalue weighted by Crippen LogP contribution is 2.35. The zero-order chi connectivity index (χ0) is 15.8. The van der Waals surface area contributed by atoms with Crippen molar-refractivity contribution < 1.29 is 13.3 Å². The fraction of sp³-hybridized carbons (Fsp3) is 0.500. The molecule has 1 aliphatic rings. The molecule has 1 aliphatic heterocycles. The fourth-order valence-corrected chi connectivity index (χ4v) is 5.26. The van der Waals surface area contributed by atoms with E-state index in [-0.39, 0.29) is 15.3 Å². The van der Waals surface area contributed by atoms with Gasteiger partial charge in [0.1, 0.15) is 0 Å². The van der Waals surface area contributed by atoms with E-state index in [4.69, 9.17) is 5.73 Å². The van der Waals surface area contributed by atoms with Crippen LogP contribution in [0.15, 0.2) is 23.1 Å². The van der Waals surface area contributed by atoms with Crippen molar-refractivity contribution in [1.29, 1.82) is 0 Å². The maximum absolute atomic E-state index is 12.7. The first-order chi connectivity index (χ1) is 9.63. The van der Waals surface area contributed by atoms with Crippen molar-refractivity contribution in [3.63, 3.8) is 0 Å². The van der Waals surface area contributed by atoms with E-state index < -0.39 is 20.6 Å². The minimum atomic E-state index is -3.90. The van der Waals surface area contributed by atoms with Crippen LogP contribution in [0.3, 0.4) is 0 Å². The molecule has 0 spiro atoms. The summed E-state index contributed by atoms with van der Waals surface area (Å²) in [7, 11) is -3.90. The Hall–Kier alpha value is -1.32. The Morgan fingerprint density at radius 3 is 2.67 bits per heavy atom. The monoisotopic (exact) mass is 331 g/mol. The highest BCUT2D eigenvalue weighted by Gasteiger charge is 2.37. The van der Waals surface area contributed by atoms with Crippen LogP contribution in [0.4, 0.5) is 11.4 Å². The van der Waals surface area contributed by atoms with Gasteiger partial charge in [-0.05, 0) is 26.0 Å². The van der Waals surface area contributed by atoms with Crippen LogP contribution in [-0.2, 0) is 10.0 Å². The molecule has 1 aromatic carbocycles. The van der Waals surface area contributed by atoms with Gasteiger partial charge in [-0.1, -0.05) is 0 Å². The maximum atomic E-state index is 12.7. The molecule has 1 saturated heterocycles. The Morgan fingerprint density at radius 2 is 2.10 bits per heavy atom. The lowest BCUT2D eigenvalue weighted by Gasteiger charge is -2.36. The van der Waals surface area contributed by atoms with Gasteiger partial charge in [0.25, 0.3) is 5.69 Å². The number of benzene rings is 1. The summed E-state index contributed by atoms with van der Waals surface area (Å²) < 4.78 is 26.5. The molecule has 1 heterocycles. The van der Waals surface area contributed by atoms with Crippen molar-refractivity contribution in [1.82, 2.24) is 4.31 Å². The molecule has 9 heteroatoms. The maximum Gasteiger partial charge on any atom is 0.291 e. The van der Waals surface area contributed by atoms with Gasteiger partial charge in [-0.15, -0.1) is 0 Å². The minimum Gasteiger partial charge on any atom is -0.399 e. The number of nitrogen functional groups attached to an aromatic ring is 1. The van der Waals surface area contributed by atoms with Crippen molar-refractivity contribution in [3.8, 4) is 0 Å². The van der Waals surface area contributed by atoms with Gasteiger partial charge in [-0.25, -0.2) is 8.42 Å². The lowest BCUT2D eigenvalue weighted by molar-refractivity contribution is -0.387. The first-order valence-electron chi connectivity index (χ1n) is 6.31. The van der Waals surface area contributed by atoms with E-state index in [1.165, 1.54) is 16.4 Å². The third-order valence-electron chi connectivity index (χ3n) is 3.19. The smallest absolute Gasteiger partial charge is 0.291 e. The molecule has 1 aromatic rings. The largest absolute Gasteiger partial charge is 0.399 e. The van der Waals surface area contributed by atoms with Crippen LogP contribution in [-0.4, -0.2) is 41.2 Å². The molecule has 0 radical (unpaired) electrons. The van der Waals surface area contributed by atoms with Gasteiger partial charge in [-0.2, -0.15) is 16.1 Å². The molecule has 0 aliphatic carbocycles. The number of nitro benzene ring substituents is 1. The summed E-state index contributed by atoms with van der Waals surface area (Å²) >= 11 is 1.69. The van der Waals surface area contributed by atoms with E-state index in [2.05, 4.69) is 0 Å². The van der Waals surface area contributed by atoms with Gasteiger partial charge in [-0.3, -0.25) is 10.1 Å². The number of hydrogen-bond acceptors (Lipinski definition) is 6. The molecule has 0 aromatic heterocycles. The van der Waals surface area contributed by atoms with Crippen LogP contribution in [0.1, 0.15) is 13.8 Å². The highest BCUT2D eigenvalue weighted by molar-refractivity contribution is 8.00. The van der Waals surface area contributed by atoms with Gasteiger partial charge in [0.15, 0.2) is 4.90 Å². The Morgan fingerprint density at radius 1 is 1.43 bits per heavy atom. The molecule has 2 rings (SSSR count). The first kappa shape index (κ1) is 16.1. The predicted octanol–water partition coefficient (Wildman–Crippen LogP) is 1.69. The summed E-state index contributed by atoms with van der Waals surface area (Å²) in [5.41, 5.74) is 5.20. The van der Waals surface area contributed by atoms with E-state index in [1.54, 1.807) is 11.8 Å². The fourth-order valence-electron chi connectivity index (χ4n) is 2.21. The predicted molar refractivity (Wildman–Crippen MR) is 82.8 cm³/mol. The number of anilines is 1. The number of nitro groups is 1. The third-order valence-corrected chi connectivity index (χ3v) is 6.38. The van der Waals surface area contributed by atoms with Crippen LogP contribution in [0.2, 0.25) is 0 Å². The Balaban J connectivity index is 2.47. The van der Waals surface area contributed by atoms with Crippen LogP contribution in [0.25, 0.3) is 0 Å². The molecule has 0 saturated carbocycles. The van der Waals surface area contributed by atoms with Gasteiger partial charge in [0, 0.05) is 35.3 Å². The quantitative estimate of drug-likeness (QED) is 0.513. The van der Waals surface area contributed by atoms with Crippen molar-refractivity contribution in [2.45, 2.75) is 23.5 Å². The lowest BCUT2D eigenvalue weighted by atomic mass is 10.2. The molecule has 0 atom stereocenters. The third kappa shape index (κ3) is 3.30. The molecule has 0 bridgehead atoms. The van der Waals surface area contributed by atoms with Crippen LogP contribution in [0, 0.1) is 10.1 Å².